The Kier molecular flexibility index (Phi) is 2.69. The standard InChI is InChI=1S/C8H8ClN3OS/c1-5(6-3-2-4-13-6)10-8-11-7(9)12-14-8/h2-5H,1H3,(H,10,11,12). The lowest BCUT2D eigenvalue weighted by molar-refractivity contribution is 0.490. The number of furan rings is 1. The average molecular weight is 230 g/mol. The van der Waals surface area contributed by atoms with Gasteiger partial charge in [0.1, 0.15) is 5.76 Å². The molecule has 0 saturated heterocycles. The lowest BCUT2D eigenvalue weighted by atomic mass is 10.3. The van der Waals surface area contributed by atoms with Crippen LogP contribution < -0.4 is 5.32 Å². The molecule has 0 aromatic carbocycles. The molecule has 2 aromatic heterocycles. The molecule has 0 saturated carbocycles. The number of hydrogen-bond donors (Lipinski definition) is 1. The van der Waals surface area contributed by atoms with E-state index in [0.717, 1.165) is 5.76 Å². The fourth-order valence-electron chi connectivity index (χ4n) is 1.06. The molecular formula is C8H8ClN3OS. The van der Waals surface area contributed by atoms with Gasteiger partial charge in [0, 0.05) is 11.5 Å². The second-order valence-electron chi connectivity index (χ2n) is 2.75. The molecular weight excluding hydrogens is 222 g/mol. The number of rotatable bonds is 3. The summed E-state index contributed by atoms with van der Waals surface area (Å²) in [5.41, 5.74) is 0. The van der Waals surface area contributed by atoms with Crippen molar-refractivity contribution in [1.29, 1.82) is 0 Å². The van der Waals surface area contributed by atoms with Crippen LogP contribution in [0.1, 0.15) is 18.7 Å². The van der Waals surface area contributed by atoms with E-state index in [-0.39, 0.29) is 11.3 Å². The Morgan fingerprint density at radius 2 is 2.50 bits per heavy atom. The molecule has 2 rings (SSSR count). The van der Waals surface area contributed by atoms with Gasteiger partial charge in [-0.1, -0.05) is 0 Å². The van der Waals surface area contributed by atoms with Gasteiger partial charge in [0.25, 0.3) is 0 Å². The Morgan fingerprint density at radius 3 is 3.07 bits per heavy atom. The quantitative estimate of drug-likeness (QED) is 0.879. The van der Waals surface area contributed by atoms with Gasteiger partial charge in [0.2, 0.25) is 10.4 Å². The molecule has 0 radical (unpaired) electrons. The van der Waals surface area contributed by atoms with Crippen LogP contribution in [0.2, 0.25) is 5.28 Å². The summed E-state index contributed by atoms with van der Waals surface area (Å²) in [7, 11) is 0. The maximum Gasteiger partial charge on any atom is 0.236 e. The van der Waals surface area contributed by atoms with Crippen LogP contribution in [0, 0.1) is 0 Å². The third-order valence-electron chi connectivity index (χ3n) is 1.71. The molecule has 2 aromatic rings. The maximum atomic E-state index is 5.59. The van der Waals surface area contributed by atoms with E-state index in [1.165, 1.54) is 11.5 Å². The summed E-state index contributed by atoms with van der Waals surface area (Å²) in [5, 5.41) is 4.09. The van der Waals surface area contributed by atoms with Crippen molar-refractivity contribution in [3.8, 4) is 0 Å². The minimum absolute atomic E-state index is 0.0639. The summed E-state index contributed by atoms with van der Waals surface area (Å²) in [6.07, 6.45) is 1.64. The predicted octanol–water partition coefficient (Wildman–Crippen LogP) is 2.96. The molecule has 14 heavy (non-hydrogen) atoms. The molecule has 2 heterocycles. The molecule has 0 aliphatic carbocycles. The number of halogens is 1. The van der Waals surface area contributed by atoms with Crippen LogP contribution >= 0.6 is 23.1 Å². The third kappa shape index (κ3) is 2.05. The van der Waals surface area contributed by atoms with E-state index in [0.29, 0.717) is 5.13 Å². The zero-order chi connectivity index (χ0) is 9.97. The molecule has 0 bridgehead atoms. The van der Waals surface area contributed by atoms with Crippen molar-refractivity contribution < 1.29 is 4.42 Å². The van der Waals surface area contributed by atoms with E-state index < -0.39 is 0 Å². The minimum Gasteiger partial charge on any atom is -0.467 e. The summed E-state index contributed by atoms with van der Waals surface area (Å²) in [6.45, 7) is 1.98. The Labute approximate surface area is 90.1 Å². The predicted molar refractivity (Wildman–Crippen MR) is 55.7 cm³/mol. The van der Waals surface area contributed by atoms with Crippen molar-refractivity contribution >= 4 is 28.3 Å². The van der Waals surface area contributed by atoms with Crippen molar-refractivity contribution in [3.05, 3.63) is 29.4 Å². The van der Waals surface area contributed by atoms with Crippen molar-refractivity contribution in [2.75, 3.05) is 5.32 Å². The van der Waals surface area contributed by atoms with Gasteiger partial charge in [-0.3, -0.25) is 0 Å². The molecule has 6 heteroatoms. The van der Waals surface area contributed by atoms with Crippen LogP contribution in [0.25, 0.3) is 0 Å². The van der Waals surface area contributed by atoms with Crippen molar-refractivity contribution in [3.63, 3.8) is 0 Å². The smallest absolute Gasteiger partial charge is 0.236 e. The van der Waals surface area contributed by atoms with Gasteiger partial charge < -0.3 is 9.73 Å². The number of anilines is 1. The normalized spacial score (nSPS) is 12.7. The molecule has 1 N–H and O–H groups in total. The van der Waals surface area contributed by atoms with E-state index in [2.05, 4.69) is 14.7 Å². The van der Waals surface area contributed by atoms with Crippen LogP contribution in [0.3, 0.4) is 0 Å². The Hall–Kier alpha value is -1.07. The van der Waals surface area contributed by atoms with Crippen LogP contribution in [-0.4, -0.2) is 9.36 Å². The number of nitrogens with zero attached hydrogens (tertiary/aromatic N) is 2. The van der Waals surface area contributed by atoms with Gasteiger partial charge in [0.05, 0.1) is 12.3 Å². The largest absolute Gasteiger partial charge is 0.467 e. The Bertz CT molecular complexity index is 400. The average Bonchev–Trinajstić information content (AvgIpc) is 2.75. The van der Waals surface area contributed by atoms with Crippen molar-refractivity contribution in [2.45, 2.75) is 13.0 Å². The number of hydrogen-bond acceptors (Lipinski definition) is 5. The van der Waals surface area contributed by atoms with E-state index in [4.69, 9.17) is 16.0 Å². The van der Waals surface area contributed by atoms with Gasteiger partial charge >= 0.3 is 0 Å². The van der Waals surface area contributed by atoms with Gasteiger partial charge in [-0.05, 0) is 30.7 Å². The van der Waals surface area contributed by atoms with E-state index in [1.54, 1.807) is 6.26 Å². The van der Waals surface area contributed by atoms with E-state index in [9.17, 15) is 0 Å². The fourth-order valence-corrected chi connectivity index (χ4v) is 1.86. The van der Waals surface area contributed by atoms with Gasteiger partial charge in [-0.2, -0.15) is 9.36 Å². The third-order valence-corrected chi connectivity index (χ3v) is 2.63. The molecule has 74 valence electrons. The number of aromatic nitrogens is 2. The number of nitrogens with one attached hydrogen (secondary N) is 1. The van der Waals surface area contributed by atoms with E-state index in [1.807, 2.05) is 19.1 Å². The highest BCUT2D eigenvalue weighted by Gasteiger charge is 2.10. The summed E-state index contributed by atoms with van der Waals surface area (Å²) in [5.74, 6) is 0.858. The summed E-state index contributed by atoms with van der Waals surface area (Å²) in [4.78, 5) is 3.98. The first-order valence-corrected chi connectivity index (χ1v) is 5.20. The van der Waals surface area contributed by atoms with Gasteiger partial charge in [0.15, 0.2) is 0 Å². The second-order valence-corrected chi connectivity index (χ2v) is 3.84. The lowest BCUT2D eigenvalue weighted by Gasteiger charge is -2.08. The Morgan fingerprint density at radius 1 is 1.64 bits per heavy atom. The zero-order valence-electron chi connectivity index (χ0n) is 7.40. The first kappa shape index (κ1) is 9.48. The van der Waals surface area contributed by atoms with E-state index >= 15 is 0 Å². The van der Waals surface area contributed by atoms with Crippen LogP contribution in [0.5, 0.6) is 0 Å². The SMILES string of the molecule is CC(Nc1nc(Cl)ns1)c1ccco1. The van der Waals surface area contributed by atoms with Crippen molar-refractivity contribution in [1.82, 2.24) is 9.36 Å². The molecule has 0 fully saturated rings. The van der Waals surface area contributed by atoms with Gasteiger partial charge in [-0.25, -0.2) is 0 Å². The molecule has 0 amide bonds. The highest BCUT2D eigenvalue weighted by atomic mass is 35.5. The zero-order valence-corrected chi connectivity index (χ0v) is 8.97. The molecule has 0 aliphatic rings. The fraction of sp³-hybridized carbons (Fsp3) is 0.250. The Balaban J connectivity index is 2.05. The summed E-state index contributed by atoms with van der Waals surface area (Å²) >= 11 is 6.82. The molecule has 1 unspecified atom stereocenters. The minimum atomic E-state index is 0.0639. The highest BCUT2D eigenvalue weighted by molar-refractivity contribution is 7.09. The molecule has 0 spiro atoms. The van der Waals surface area contributed by atoms with Crippen molar-refractivity contribution in [2.24, 2.45) is 0 Å². The lowest BCUT2D eigenvalue weighted by Crippen LogP contribution is -2.04. The molecule has 1 atom stereocenters. The summed E-state index contributed by atoms with van der Waals surface area (Å²) in [6, 6.07) is 3.81. The maximum absolute atomic E-state index is 5.59. The topological polar surface area (TPSA) is 51.0 Å². The molecule has 4 nitrogen and oxygen atoms in total. The first-order valence-electron chi connectivity index (χ1n) is 4.05. The van der Waals surface area contributed by atoms with Crippen LogP contribution in [0.15, 0.2) is 22.8 Å². The monoisotopic (exact) mass is 229 g/mol. The first-order chi connectivity index (χ1) is 6.75. The second kappa shape index (κ2) is 3.98. The van der Waals surface area contributed by atoms with Crippen LogP contribution in [-0.2, 0) is 0 Å². The van der Waals surface area contributed by atoms with Gasteiger partial charge in [-0.15, -0.1) is 0 Å². The molecule has 0 aliphatic heterocycles. The highest BCUT2D eigenvalue weighted by Crippen LogP contribution is 2.21. The van der Waals surface area contributed by atoms with Crippen LogP contribution in [0.4, 0.5) is 5.13 Å². The summed E-state index contributed by atoms with van der Waals surface area (Å²) < 4.78 is 9.09.